The number of hydrogen-bond donors (Lipinski definition) is 2. The maximum atomic E-state index is 13.0. The highest BCUT2D eigenvalue weighted by Gasteiger charge is 2.23. The zero-order chi connectivity index (χ0) is 21.5. The molecule has 1 atom stereocenters. The van der Waals surface area contributed by atoms with Gasteiger partial charge in [0, 0.05) is 54.0 Å². The van der Waals surface area contributed by atoms with Gasteiger partial charge in [-0.2, -0.15) is 0 Å². The minimum Gasteiger partial charge on any atom is -0.395 e. The van der Waals surface area contributed by atoms with Crippen molar-refractivity contribution >= 4 is 22.5 Å². The quantitative estimate of drug-likeness (QED) is 0.534. The van der Waals surface area contributed by atoms with E-state index in [0.29, 0.717) is 18.7 Å². The second-order valence-corrected chi connectivity index (χ2v) is 8.31. The van der Waals surface area contributed by atoms with Crippen LogP contribution in [0.1, 0.15) is 28.9 Å². The Morgan fingerprint density at radius 3 is 2.90 bits per heavy atom. The first-order valence-electron chi connectivity index (χ1n) is 10.8. The van der Waals surface area contributed by atoms with Crippen LogP contribution in [0.4, 0.5) is 0 Å². The van der Waals surface area contributed by atoms with Crippen LogP contribution in [0.15, 0.2) is 48.7 Å². The molecular weight excluding hydrogens is 390 g/mol. The number of hydrogen-bond acceptors (Lipinski definition) is 4. The van der Waals surface area contributed by atoms with Crippen LogP contribution in [0.5, 0.6) is 0 Å². The Hall–Kier alpha value is -3.16. The maximum absolute atomic E-state index is 13.0. The molecule has 0 bridgehead atoms. The van der Waals surface area contributed by atoms with E-state index < -0.39 is 0 Å². The Balaban J connectivity index is 1.57. The number of piperidine rings is 1. The average molecular weight is 418 g/mol. The number of para-hydroxylation sites is 1. The zero-order valence-corrected chi connectivity index (χ0v) is 17.7. The van der Waals surface area contributed by atoms with Gasteiger partial charge in [0.05, 0.1) is 12.3 Å². The number of rotatable bonds is 4. The van der Waals surface area contributed by atoms with Gasteiger partial charge in [0.2, 0.25) is 0 Å². The number of amides is 1. The Morgan fingerprint density at radius 2 is 2.10 bits per heavy atom. The standard InChI is InChI=1S/C24H27N5O2/c1-16-23(21-13-17-5-2-3-7-20(17)29(21)11-12-30)26-22-14-18(8-10-28(16)22)24(31)27-9-4-6-19(25)15-27/h2-3,5,7-8,10,13-14,19,30H,4,6,9,11-12,15,25H2,1H3. The number of benzene rings is 1. The normalized spacial score (nSPS) is 17.0. The molecule has 4 aromatic rings. The molecule has 3 aromatic heterocycles. The lowest BCUT2D eigenvalue weighted by molar-refractivity contribution is 0.0709. The molecule has 5 rings (SSSR count). The number of likely N-dealkylation sites (tertiary alicyclic amines) is 1. The fourth-order valence-corrected chi connectivity index (χ4v) is 4.67. The summed E-state index contributed by atoms with van der Waals surface area (Å²) < 4.78 is 4.11. The van der Waals surface area contributed by atoms with Crippen molar-refractivity contribution in [3.63, 3.8) is 0 Å². The number of carbonyl (C=O) groups excluding carboxylic acids is 1. The summed E-state index contributed by atoms with van der Waals surface area (Å²) in [6, 6.07) is 14.0. The van der Waals surface area contributed by atoms with Crippen LogP contribution in [0, 0.1) is 6.92 Å². The largest absolute Gasteiger partial charge is 0.395 e. The number of aliphatic hydroxyl groups is 1. The Labute approximate surface area is 180 Å². The Bertz CT molecular complexity index is 1270. The van der Waals surface area contributed by atoms with Crippen LogP contribution < -0.4 is 5.73 Å². The van der Waals surface area contributed by atoms with Crippen LogP contribution in [-0.4, -0.2) is 55.6 Å². The van der Waals surface area contributed by atoms with Gasteiger partial charge >= 0.3 is 0 Å². The smallest absolute Gasteiger partial charge is 0.254 e. The van der Waals surface area contributed by atoms with Gasteiger partial charge in [-0.25, -0.2) is 4.98 Å². The van der Waals surface area contributed by atoms with E-state index in [0.717, 1.165) is 53.0 Å². The molecule has 1 aliphatic rings. The van der Waals surface area contributed by atoms with Crippen molar-refractivity contribution in [2.45, 2.75) is 32.4 Å². The van der Waals surface area contributed by atoms with Gasteiger partial charge < -0.3 is 24.7 Å². The molecule has 1 saturated heterocycles. The molecule has 3 N–H and O–H groups in total. The fourth-order valence-electron chi connectivity index (χ4n) is 4.67. The van der Waals surface area contributed by atoms with Gasteiger partial charge in [-0.05, 0) is 44.0 Å². The molecule has 0 spiro atoms. The van der Waals surface area contributed by atoms with E-state index in [1.165, 1.54) is 0 Å². The molecule has 0 radical (unpaired) electrons. The minimum absolute atomic E-state index is 0.00856. The predicted octanol–water partition coefficient (Wildman–Crippen LogP) is 2.82. The van der Waals surface area contributed by atoms with Crippen LogP contribution in [-0.2, 0) is 6.54 Å². The molecule has 1 fully saturated rings. The van der Waals surface area contributed by atoms with Crippen molar-refractivity contribution in [1.29, 1.82) is 0 Å². The third-order valence-corrected chi connectivity index (χ3v) is 6.23. The van der Waals surface area contributed by atoms with E-state index in [2.05, 4.69) is 22.8 Å². The molecule has 1 amide bonds. The van der Waals surface area contributed by atoms with Crippen molar-refractivity contribution in [2.75, 3.05) is 19.7 Å². The molecule has 7 nitrogen and oxygen atoms in total. The van der Waals surface area contributed by atoms with Crippen molar-refractivity contribution in [3.8, 4) is 11.4 Å². The number of aryl methyl sites for hydroxylation is 1. The monoisotopic (exact) mass is 417 g/mol. The first-order valence-corrected chi connectivity index (χ1v) is 10.8. The van der Waals surface area contributed by atoms with Gasteiger partial charge in [0.25, 0.3) is 5.91 Å². The van der Waals surface area contributed by atoms with E-state index in [1.807, 2.05) is 46.7 Å². The molecule has 160 valence electrons. The van der Waals surface area contributed by atoms with Crippen LogP contribution in [0.2, 0.25) is 0 Å². The highest BCUT2D eigenvalue weighted by atomic mass is 16.3. The number of nitrogens with two attached hydrogens (primary N) is 1. The van der Waals surface area contributed by atoms with Gasteiger partial charge in [-0.15, -0.1) is 0 Å². The third kappa shape index (κ3) is 3.40. The van der Waals surface area contributed by atoms with E-state index in [4.69, 9.17) is 10.7 Å². The summed E-state index contributed by atoms with van der Waals surface area (Å²) in [5.74, 6) is 0.00856. The summed E-state index contributed by atoms with van der Waals surface area (Å²) in [6.07, 6.45) is 3.82. The summed E-state index contributed by atoms with van der Waals surface area (Å²) >= 11 is 0. The molecule has 0 aliphatic carbocycles. The highest BCUT2D eigenvalue weighted by molar-refractivity contribution is 5.95. The number of carbonyl (C=O) groups is 1. The number of nitrogens with zero attached hydrogens (tertiary/aromatic N) is 4. The third-order valence-electron chi connectivity index (χ3n) is 6.23. The number of imidazole rings is 1. The van der Waals surface area contributed by atoms with E-state index in [1.54, 1.807) is 0 Å². The lowest BCUT2D eigenvalue weighted by atomic mass is 10.1. The van der Waals surface area contributed by atoms with Crippen molar-refractivity contribution < 1.29 is 9.90 Å². The van der Waals surface area contributed by atoms with Gasteiger partial charge in [0.1, 0.15) is 11.3 Å². The van der Waals surface area contributed by atoms with E-state index in [-0.39, 0.29) is 18.6 Å². The SMILES string of the molecule is Cc1c(-c2cc3ccccc3n2CCO)nc2cc(C(=O)N3CCCC(N)C3)ccn12. The molecular formula is C24H27N5O2. The number of aromatic nitrogens is 3. The van der Waals surface area contributed by atoms with E-state index >= 15 is 0 Å². The first kappa shape index (κ1) is 19.8. The molecule has 1 aliphatic heterocycles. The molecule has 0 saturated carbocycles. The lowest BCUT2D eigenvalue weighted by Crippen LogP contribution is -2.45. The Morgan fingerprint density at radius 1 is 1.26 bits per heavy atom. The Kier molecular flexibility index (Phi) is 5.00. The molecule has 4 heterocycles. The second-order valence-electron chi connectivity index (χ2n) is 8.31. The van der Waals surface area contributed by atoms with Gasteiger partial charge in [-0.1, -0.05) is 18.2 Å². The van der Waals surface area contributed by atoms with Crippen molar-refractivity contribution in [2.24, 2.45) is 5.73 Å². The summed E-state index contributed by atoms with van der Waals surface area (Å²) in [5, 5.41) is 10.7. The number of pyridine rings is 1. The minimum atomic E-state index is 0.00856. The lowest BCUT2D eigenvalue weighted by Gasteiger charge is -2.30. The molecule has 1 unspecified atom stereocenters. The van der Waals surface area contributed by atoms with Crippen LogP contribution in [0.25, 0.3) is 27.9 Å². The molecule has 7 heteroatoms. The number of aliphatic hydroxyl groups excluding tert-OH is 1. The molecule has 1 aromatic carbocycles. The second kappa shape index (κ2) is 7.83. The number of fused-ring (bicyclic) bond motifs is 2. The summed E-state index contributed by atoms with van der Waals surface area (Å²) in [4.78, 5) is 19.7. The average Bonchev–Trinajstić information content (AvgIpc) is 3.31. The van der Waals surface area contributed by atoms with Crippen LogP contribution in [0.3, 0.4) is 0 Å². The molecule has 31 heavy (non-hydrogen) atoms. The first-order chi connectivity index (χ1) is 15.1. The predicted molar refractivity (Wildman–Crippen MR) is 121 cm³/mol. The highest BCUT2D eigenvalue weighted by Crippen LogP contribution is 2.30. The van der Waals surface area contributed by atoms with Gasteiger partial charge in [-0.3, -0.25) is 4.79 Å². The van der Waals surface area contributed by atoms with E-state index in [9.17, 15) is 9.90 Å². The summed E-state index contributed by atoms with van der Waals surface area (Å²) in [7, 11) is 0. The maximum Gasteiger partial charge on any atom is 0.254 e. The van der Waals surface area contributed by atoms with Crippen LogP contribution >= 0.6 is 0 Å². The summed E-state index contributed by atoms with van der Waals surface area (Å²) in [5.41, 5.74) is 11.3. The van der Waals surface area contributed by atoms with Gasteiger partial charge in [0.15, 0.2) is 0 Å². The topological polar surface area (TPSA) is 88.8 Å². The summed E-state index contributed by atoms with van der Waals surface area (Å²) in [6.45, 7) is 3.92. The van der Waals surface area contributed by atoms with Crippen molar-refractivity contribution in [3.05, 3.63) is 59.9 Å². The zero-order valence-electron chi connectivity index (χ0n) is 17.7. The fraction of sp³-hybridized carbons (Fsp3) is 0.333. The van der Waals surface area contributed by atoms with Crippen molar-refractivity contribution in [1.82, 2.24) is 18.9 Å².